The summed E-state index contributed by atoms with van der Waals surface area (Å²) in [6, 6.07) is 4.71. The van der Waals surface area contributed by atoms with Gasteiger partial charge in [-0.2, -0.15) is 20.5 Å². The molecule has 0 aliphatic rings. The predicted molar refractivity (Wildman–Crippen MR) is 74.2 cm³/mol. The van der Waals surface area contributed by atoms with Gasteiger partial charge in [-0.1, -0.05) is 11.6 Å². The summed E-state index contributed by atoms with van der Waals surface area (Å²) in [4.78, 5) is 0. The van der Waals surface area contributed by atoms with Crippen LogP contribution >= 0.6 is 23.4 Å². The number of hydrogen-bond acceptors (Lipinski definition) is 3. The standard InChI is InChI=1S/C12H16ClF2NOS/c1-18-7-3-2-6-16-9-4-5-11(10(13)8-9)17-12(14)15/h4-5,8,12,16H,2-3,6-7H2,1H3. The number of nitrogens with one attached hydrogen (secondary N) is 1. The molecule has 0 saturated carbocycles. The first-order valence-electron chi connectivity index (χ1n) is 5.60. The zero-order chi connectivity index (χ0) is 13.4. The molecule has 18 heavy (non-hydrogen) atoms. The Morgan fingerprint density at radius 2 is 2.17 bits per heavy atom. The first-order valence-corrected chi connectivity index (χ1v) is 7.38. The molecule has 0 bridgehead atoms. The third-order valence-corrected chi connectivity index (χ3v) is 3.24. The minimum atomic E-state index is -2.85. The fraction of sp³-hybridized carbons (Fsp3) is 0.500. The van der Waals surface area contributed by atoms with E-state index in [9.17, 15) is 8.78 Å². The lowest BCUT2D eigenvalue weighted by Gasteiger charge is -2.10. The van der Waals surface area contributed by atoms with Gasteiger partial charge < -0.3 is 10.1 Å². The lowest BCUT2D eigenvalue weighted by Crippen LogP contribution is -2.04. The highest BCUT2D eigenvalue weighted by molar-refractivity contribution is 7.98. The molecule has 0 unspecified atom stereocenters. The highest BCUT2D eigenvalue weighted by Crippen LogP contribution is 2.28. The van der Waals surface area contributed by atoms with E-state index in [0.29, 0.717) is 0 Å². The van der Waals surface area contributed by atoms with Gasteiger partial charge in [0.1, 0.15) is 5.75 Å². The molecular weight excluding hydrogens is 280 g/mol. The average Bonchev–Trinajstić information content (AvgIpc) is 2.32. The Morgan fingerprint density at radius 3 is 2.78 bits per heavy atom. The van der Waals surface area contributed by atoms with Crippen molar-refractivity contribution in [1.82, 2.24) is 0 Å². The fourth-order valence-corrected chi connectivity index (χ4v) is 2.12. The van der Waals surface area contributed by atoms with Crippen LogP contribution in [-0.4, -0.2) is 25.2 Å². The molecule has 1 aromatic carbocycles. The molecule has 102 valence electrons. The Kier molecular flexibility index (Phi) is 7.20. The molecule has 0 saturated heterocycles. The van der Waals surface area contributed by atoms with Crippen molar-refractivity contribution in [3.63, 3.8) is 0 Å². The predicted octanol–water partition coefficient (Wildman–Crippen LogP) is 4.50. The van der Waals surface area contributed by atoms with Crippen molar-refractivity contribution in [2.24, 2.45) is 0 Å². The molecule has 1 N–H and O–H groups in total. The molecule has 0 amide bonds. The van der Waals surface area contributed by atoms with Crippen molar-refractivity contribution in [2.75, 3.05) is 23.9 Å². The van der Waals surface area contributed by atoms with Crippen LogP contribution in [0.2, 0.25) is 5.02 Å². The van der Waals surface area contributed by atoms with Crippen LogP contribution < -0.4 is 10.1 Å². The molecule has 0 spiro atoms. The van der Waals surface area contributed by atoms with Crippen LogP contribution in [-0.2, 0) is 0 Å². The van der Waals surface area contributed by atoms with Crippen molar-refractivity contribution < 1.29 is 13.5 Å². The third kappa shape index (κ3) is 5.78. The van der Waals surface area contributed by atoms with Gasteiger partial charge in [0.15, 0.2) is 0 Å². The van der Waals surface area contributed by atoms with Gasteiger partial charge >= 0.3 is 6.61 Å². The van der Waals surface area contributed by atoms with Gasteiger partial charge in [-0.25, -0.2) is 0 Å². The number of thioether (sulfide) groups is 1. The number of benzene rings is 1. The molecule has 0 fully saturated rings. The van der Waals surface area contributed by atoms with Gasteiger partial charge in [-0.3, -0.25) is 0 Å². The lowest BCUT2D eigenvalue weighted by molar-refractivity contribution is -0.0497. The summed E-state index contributed by atoms with van der Waals surface area (Å²) in [6.45, 7) is -2.01. The average molecular weight is 296 g/mol. The number of hydrogen-bond donors (Lipinski definition) is 1. The number of halogens is 3. The van der Waals surface area contributed by atoms with E-state index >= 15 is 0 Å². The number of rotatable bonds is 8. The summed E-state index contributed by atoms with van der Waals surface area (Å²) in [7, 11) is 0. The van der Waals surface area contributed by atoms with Gasteiger partial charge in [-0.05, 0) is 43.0 Å². The van der Waals surface area contributed by atoms with Gasteiger partial charge in [-0.15, -0.1) is 0 Å². The second kappa shape index (κ2) is 8.43. The SMILES string of the molecule is CSCCCCNc1ccc(OC(F)F)c(Cl)c1. The molecule has 0 atom stereocenters. The number of ether oxygens (including phenoxy) is 1. The molecule has 0 aliphatic heterocycles. The summed E-state index contributed by atoms with van der Waals surface area (Å²) >= 11 is 7.66. The van der Waals surface area contributed by atoms with E-state index in [0.717, 1.165) is 30.8 Å². The van der Waals surface area contributed by atoms with Gasteiger partial charge in [0, 0.05) is 12.2 Å². The zero-order valence-electron chi connectivity index (χ0n) is 10.1. The second-order valence-corrected chi connectivity index (χ2v) is 5.04. The molecule has 1 rings (SSSR count). The van der Waals surface area contributed by atoms with Crippen LogP contribution in [0.25, 0.3) is 0 Å². The number of unbranched alkanes of at least 4 members (excludes halogenated alkanes) is 1. The quantitative estimate of drug-likeness (QED) is 0.714. The molecule has 6 heteroatoms. The Bertz CT molecular complexity index is 366. The largest absolute Gasteiger partial charge is 0.433 e. The van der Waals surface area contributed by atoms with Crippen LogP contribution in [0.4, 0.5) is 14.5 Å². The van der Waals surface area contributed by atoms with Crippen LogP contribution in [0.3, 0.4) is 0 Å². The van der Waals surface area contributed by atoms with E-state index < -0.39 is 6.61 Å². The minimum Gasteiger partial charge on any atom is -0.433 e. The summed E-state index contributed by atoms with van der Waals surface area (Å²) in [5.74, 6) is 1.14. The maximum atomic E-state index is 12.0. The summed E-state index contributed by atoms with van der Waals surface area (Å²) in [5.41, 5.74) is 0.811. The van der Waals surface area contributed by atoms with Crippen LogP contribution in [0.1, 0.15) is 12.8 Å². The van der Waals surface area contributed by atoms with E-state index in [1.54, 1.807) is 12.1 Å². The van der Waals surface area contributed by atoms with Crippen LogP contribution in [0.5, 0.6) is 5.75 Å². The normalized spacial score (nSPS) is 10.7. The number of alkyl halides is 2. The van der Waals surface area contributed by atoms with Crippen molar-refractivity contribution in [3.05, 3.63) is 23.2 Å². The monoisotopic (exact) mass is 295 g/mol. The lowest BCUT2D eigenvalue weighted by atomic mass is 10.3. The molecule has 0 radical (unpaired) electrons. The van der Waals surface area contributed by atoms with Crippen LogP contribution in [0, 0.1) is 0 Å². The maximum absolute atomic E-state index is 12.0. The second-order valence-electron chi connectivity index (χ2n) is 3.65. The van der Waals surface area contributed by atoms with Crippen molar-refractivity contribution in [2.45, 2.75) is 19.5 Å². The topological polar surface area (TPSA) is 21.3 Å². The highest BCUT2D eigenvalue weighted by Gasteiger charge is 2.08. The molecule has 0 aromatic heterocycles. The van der Waals surface area contributed by atoms with Crippen molar-refractivity contribution in [3.8, 4) is 5.75 Å². The summed E-state index contributed by atoms with van der Waals surface area (Å²) in [5, 5.41) is 3.37. The van der Waals surface area contributed by atoms with Crippen molar-refractivity contribution in [1.29, 1.82) is 0 Å². The minimum absolute atomic E-state index is 0.000371. The Balaban J connectivity index is 2.41. The first kappa shape index (κ1) is 15.4. The maximum Gasteiger partial charge on any atom is 0.387 e. The fourth-order valence-electron chi connectivity index (χ4n) is 1.41. The first-order chi connectivity index (χ1) is 8.63. The van der Waals surface area contributed by atoms with E-state index in [1.165, 1.54) is 6.07 Å². The van der Waals surface area contributed by atoms with Crippen molar-refractivity contribution >= 4 is 29.1 Å². The summed E-state index contributed by atoms with van der Waals surface area (Å²) in [6.07, 6.45) is 4.29. The third-order valence-electron chi connectivity index (χ3n) is 2.25. The van der Waals surface area contributed by atoms with E-state index in [2.05, 4.69) is 16.3 Å². The van der Waals surface area contributed by atoms with Gasteiger partial charge in [0.25, 0.3) is 0 Å². The molecule has 0 heterocycles. The van der Waals surface area contributed by atoms with Gasteiger partial charge in [0.2, 0.25) is 0 Å². The number of anilines is 1. The van der Waals surface area contributed by atoms with Gasteiger partial charge in [0.05, 0.1) is 5.02 Å². The Labute approximate surface area is 115 Å². The van der Waals surface area contributed by atoms with E-state index in [4.69, 9.17) is 11.6 Å². The molecule has 2 nitrogen and oxygen atoms in total. The Hall–Kier alpha value is -0.680. The molecular formula is C12H16ClF2NOS. The Morgan fingerprint density at radius 1 is 1.39 bits per heavy atom. The smallest absolute Gasteiger partial charge is 0.387 e. The summed E-state index contributed by atoms with van der Waals surface area (Å²) < 4.78 is 28.3. The van der Waals surface area contributed by atoms with E-state index in [1.807, 2.05) is 11.8 Å². The zero-order valence-corrected chi connectivity index (χ0v) is 11.7. The highest BCUT2D eigenvalue weighted by atomic mass is 35.5. The van der Waals surface area contributed by atoms with Crippen LogP contribution in [0.15, 0.2) is 18.2 Å². The molecule has 0 aliphatic carbocycles. The molecule has 1 aromatic rings. The van der Waals surface area contributed by atoms with E-state index in [-0.39, 0.29) is 10.8 Å².